The van der Waals surface area contributed by atoms with Gasteiger partial charge in [0.05, 0.1) is 12.7 Å². The smallest absolute Gasteiger partial charge is 0.225 e. The lowest BCUT2D eigenvalue weighted by atomic mass is 10.2. The average molecular weight is 281 g/mol. The van der Waals surface area contributed by atoms with E-state index in [0.717, 1.165) is 0 Å². The number of methoxy groups -OCH3 is 1. The number of nitrogens with zero attached hydrogens (tertiary/aromatic N) is 1. The molecular formula is C14H23N3O3. The molecule has 112 valence electrons. The largest absolute Gasteiger partial charge is 0.399 e. The highest BCUT2D eigenvalue weighted by molar-refractivity contribution is 5.91. The van der Waals surface area contributed by atoms with Crippen molar-refractivity contribution in [3.05, 3.63) is 24.3 Å². The Morgan fingerprint density at radius 3 is 2.95 bits per heavy atom. The Morgan fingerprint density at radius 1 is 1.55 bits per heavy atom. The summed E-state index contributed by atoms with van der Waals surface area (Å²) in [6, 6.07) is 7.06. The Kier molecular flexibility index (Phi) is 7.00. The molecule has 20 heavy (non-hydrogen) atoms. The molecule has 0 saturated carbocycles. The first kappa shape index (κ1) is 16.4. The monoisotopic (exact) mass is 281 g/mol. The predicted octanol–water partition coefficient (Wildman–Crippen LogP) is 0.537. The summed E-state index contributed by atoms with van der Waals surface area (Å²) in [5.41, 5.74) is 6.95. The van der Waals surface area contributed by atoms with Crippen LogP contribution in [0.3, 0.4) is 0 Å². The Labute approximate surface area is 119 Å². The summed E-state index contributed by atoms with van der Waals surface area (Å²) in [6.45, 7) is 1.33. The van der Waals surface area contributed by atoms with Crippen LogP contribution in [0.15, 0.2) is 24.3 Å². The molecule has 4 N–H and O–H groups in total. The molecule has 1 aromatic rings. The molecule has 1 amide bonds. The number of nitrogens with one attached hydrogen (secondary N) is 1. The van der Waals surface area contributed by atoms with Crippen molar-refractivity contribution in [1.29, 1.82) is 0 Å². The molecular weight excluding hydrogens is 258 g/mol. The molecule has 0 heterocycles. The molecule has 0 aromatic heterocycles. The zero-order valence-corrected chi connectivity index (χ0v) is 12.0. The summed E-state index contributed by atoms with van der Waals surface area (Å²) in [5, 5.41) is 12.4. The molecule has 0 fully saturated rings. The number of aliphatic hydroxyl groups excluding tert-OH is 1. The van der Waals surface area contributed by atoms with Gasteiger partial charge in [0.2, 0.25) is 5.91 Å². The van der Waals surface area contributed by atoms with Gasteiger partial charge in [0.25, 0.3) is 0 Å². The van der Waals surface area contributed by atoms with Crippen molar-refractivity contribution in [1.82, 2.24) is 4.90 Å². The number of anilines is 2. The van der Waals surface area contributed by atoms with Gasteiger partial charge in [-0.2, -0.15) is 0 Å². The number of carbonyl (C=O) groups excluding carboxylic acids is 1. The van der Waals surface area contributed by atoms with Gasteiger partial charge >= 0.3 is 0 Å². The number of hydrogen-bond acceptors (Lipinski definition) is 5. The van der Waals surface area contributed by atoms with Crippen molar-refractivity contribution in [2.24, 2.45) is 0 Å². The van der Waals surface area contributed by atoms with Gasteiger partial charge in [-0.15, -0.1) is 0 Å². The number of rotatable bonds is 8. The van der Waals surface area contributed by atoms with E-state index in [9.17, 15) is 9.90 Å². The van der Waals surface area contributed by atoms with Crippen molar-refractivity contribution in [2.75, 3.05) is 44.9 Å². The van der Waals surface area contributed by atoms with Gasteiger partial charge in [-0.3, -0.25) is 4.79 Å². The normalized spacial score (nSPS) is 12.4. The predicted molar refractivity (Wildman–Crippen MR) is 79.5 cm³/mol. The number of carbonyl (C=O) groups is 1. The zero-order valence-electron chi connectivity index (χ0n) is 12.0. The Bertz CT molecular complexity index is 426. The summed E-state index contributed by atoms with van der Waals surface area (Å²) in [7, 11) is 3.40. The molecule has 1 rings (SSSR count). The number of hydrogen-bond donors (Lipinski definition) is 3. The number of ether oxygens (including phenoxy) is 1. The summed E-state index contributed by atoms with van der Waals surface area (Å²) in [4.78, 5) is 13.7. The van der Waals surface area contributed by atoms with E-state index in [2.05, 4.69) is 5.32 Å². The first-order valence-electron chi connectivity index (χ1n) is 6.52. The first-order chi connectivity index (χ1) is 9.51. The van der Waals surface area contributed by atoms with Crippen LogP contribution in [0.5, 0.6) is 0 Å². The van der Waals surface area contributed by atoms with Gasteiger partial charge in [0.15, 0.2) is 0 Å². The van der Waals surface area contributed by atoms with E-state index in [-0.39, 0.29) is 5.91 Å². The van der Waals surface area contributed by atoms with Crippen LogP contribution in [0.25, 0.3) is 0 Å². The molecule has 1 unspecified atom stereocenters. The standard InChI is InChI=1S/C14H23N3O3/c1-17(9-13(18)10-20-2)7-6-14(19)16-12-5-3-4-11(15)8-12/h3-5,8,13,18H,6-7,9-10,15H2,1-2H3,(H,16,19). The summed E-state index contributed by atoms with van der Waals surface area (Å²) in [5.74, 6) is -0.0799. The van der Waals surface area contributed by atoms with Crippen LogP contribution < -0.4 is 11.1 Å². The molecule has 0 radical (unpaired) electrons. The van der Waals surface area contributed by atoms with Crippen molar-refractivity contribution in [2.45, 2.75) is 12.5 Å². The van der Waals surface area contributed by atoms with Crippen molar-refractivity contribution in [3.63, 3.8) is 0 Å². The quantitative estimate of drug-likeness (QED) is 0.605. The van der Waals surface area contributed by atoms with Gasteiger partial charge < -0.3 is 25.8 Å². The van der Waals surface area contributed by atoms with E-state index in [0.29, 0.717) is 37.5 Å². The van der Waals surface area contributed by atoms with Crippen molar-refractivity contribution >= 4 is 17.3 Å². The van der Waals surface area contributed by atoms with E-state index in [1.54, 1.807) is 31.4 Å². The fourth-order valence-electron chi connectivity index (χ4n) is 1.83. The van der Waals surface area contributed by atoms with Gasteiger partial charge in [-0.05, 0) is 25.2 Å². The van der Waals surface area contributed by atoms with Crippen LogP contribution in [0.4, 0.5) is 11.4 Å². The minimum atomic E-state index is -0.540. The van der Waals surface area contributed by atoms with Crippen molar-refractivity contribution in [3.8, 4) is 0 Å². The Morgan fingerprint density at radius 2 is 2.30 bits per heavy atom. The zero-order chi connectivity index (χ0) is 15.0. The van der Waals surface area contributed by atoms with E-state index < -0.39 is 6.10 Å². The van der Waals surface area contributed by atoms with Crippen LogP contribution in [-0.2, 0) is 9.53 Å². The second kappa shape index (κ2) is 8.52. The van der Waals surface area contributed by atoms with Crippen LogP contribution in [0, 0.1) is 0 Å². The molecule has 0 saturated heterocycles. The number of likely N-dealkylation sites (N-methyl/N-ethyl adjacent to an activating group) is 1. The first-order valence-corrected chi connectivity index (χ1v) is 6.52. The molecule has 0 aliphatic rings. The topological polar surface area (TPSA) is 87.8 Å². The third-order valence-electron chi connectivity index (χ3n) is 2.77. The van der Waals surface area contributed by atoms with Gasteiger partial charge in [0.1, 0.15) is 0 Å². The fraction of sp³-hybridized carbons (Fsp3) is 0.500. The molecule has 1 aromatic carbocycles. The molecule has 6 heteroatoms. The van der Waals surface area contributed by atoms with Gasteiger partial charge in [-0.25, -0.2) is 0 Å². The van der Waals surface area contributed by atoms with Crippen LogP contribution >= 0.6 is 0 Å². The summed E-state index contributed by atoms with van der Waals surface area (Å²) < 4.78 is 4.85. The highest BCUT2D eigenvalue weighted by atomic mass is 16.5. The van der Waals surface area contributed by atoms with E-state index in [1.807, 2.05) is 11.9 Å². The third kappa shape index (κ3) is 6.51. The number of amides is 1. The lowest BCUT2D eigenvalue weighted by molar-refractivity contribution is -0.116. The minimum absolute atomic E-state index is 0.0799. The highest BCUT2D eigenvalue weighted by Gasteiger charge is 2.09. The molecule has 0 bridgehead atoms. The third-order valence-corrected chi connectivity index (χ3v) is 2.77. The van der Waals surface area contributed by atoms with Crippen LogP contribution in [0.2, 0.25) is 0 Å². The van der Waals surface area contributed by atoms with E-state index in [1.165, 1.54) is 0 Å². The second-order valence-electron chi connectivity index (χ2n) is 4.80. The molecule has 6 nitrogen and oxygen atoms in total. The summed E-state index contributed by atoms with van der Waals surface area (Å²) in [6.07, 6.45) is -0.188. The maximum atomic E-state index is 11.8. The number of nitrogen functional groups attached to an aromatic ring is 1. The van der Waals surface area contributed by atoms with Gasteiger partial charge in [-0.1, -0.05) is 6.07 Å². The van der Waals surface area contributed by atoms with Crippen LogP contribution in [0.1, 0.15) is 6.42 Å². The Hall–Kier alpha value is -1.63. The van der Waals surface area contributed by atoms with E-state index in [4.69, 9.17) is 10.5 Å². The SMILES string of the molecule is COCC(O)CN(C)CCC(=O)Nc1cccc(N)c1. The second-order valence-corrected chi connectivity index (χ2v) is 4.80. The summed E-state index contributed by atoms with van der Waals surface area (Å²) >= 11 is 0. The minimum Gasteiger partial charge on any atom is -0.399 e. The maximum absolute atomic E-state index is 11.8. The number of aliphatic hydroxyl groups is 1. The van der Waals surface area contributed by atoms with E-state index >= 15 is 0 Å². The number of benzene rings is 1. The Balaban J connectivity index is 2.29. The highest BCUT2D eigenvalue weighted by Crippen LogP contribution is 2.11. The molecule has 0 aliphatic carbocycles. The average Bonchev–Trinajstić information content (AvgIpc) is 2.36. The van der Waals surface area contributed by atoms with Crippen LogP contribution in [-0.4, -0.2) is 55.9 Å². The molecule has 0 aliphatic heterocycles. The molecule has 1 atom stereocenters. The maximum Gasteiger partial charge on any atom is 0.225 e. The number of nitrogens with two attached hydrogens (primary N) is 1. The lowest BCUT2D eigenvalue weighted by Gasteiger charge is -2.19. The lowest BCUT2D eigenvalue weighted by Crippen LogP contribution is -2.33. The fourth-order valence-corrected chi connectivity index (χ4v) is 1.83. The van der Waals surface area contributed by atoms with Gasteiger partial charge in [0, 0.05) is 38.0 Å². The molecule has 0 spiro atoms. The van der Waals surface area contributed by atoms with Crippen molar-refractivity contribution < 1.29 is 14.6 Å².